The van der Waals surface area contributed by atoms with Gasteiger partial charge in [-0.25, -0.2) is 0 Å². The summed E-state index contributed by atoms with van der Waals surface area (Å²) in [6.45, 7) is 4.17. The van der Waals surface area contributed by atoms with Crippen LogP contribution in [-0.2, 0) is 0 Å². The fourth-order valence-corrected chi connectivity index (χ4v) is 4.27. The van der Waals surface area contributed by atoms with Crippen LogP contribution in [0.5, 0.6) is 0 Å². The maximum absolute atomic E-state index is 13.2. The quantitative estimate of drug-likeness (QED) is 0.484. The van der Waals surface area contributed by atoms with E-state index in [0.29, 0.717) is 10.2 Å². The highest BCUT2D eigenvalue weighted by molar-refractivity contribution is 7.71. The second-order valence-electron chi connectivity index (χ2n) is 6.06. The minimum Gasteiger partial charge on any atom is -0.323 e. The smallest absolute Gasteiger partial charge is 0.268 e. The SMILES string of the molecule is Cc1ccc(-c2csc3[nH]c(=S)n(-c4ccccc4)c(=O)c23)cc1C. The lowest BCUT2D eigenvalue weighted by atomic mass is 10.0. The van der Waals surface area contributed by atoms with Gasteiger partial charge in [-0.15, -0.1) is 11.3 Å². The molecular formula is C20H16N2OS2. The zero-order chi connectivity index (χ0) is 17.6. The number of rotatable bonds is 2. The topological polar surface area (TPSA) is 37.8 Å². The number of fused-ring (bicyclic) bond motifs is 1. The maximum Gasteiger partial charge on any atom is 0.268 e. The molecule has 4 rings (SSSR count). The first-order valence-corrected chi connectivity index (χ1v) is 9.24. The number of hydrogen-bond donors (Lipinski definition) is 1. The van der Waals surface area contributed by atoms with Gasteiger partial charge in [0, 0.05) is 10.9 Å². The summed E-state index contributed by atoms with van der Waals surface area (Å²) < 4.78 is 1.98. The van der Waals surface area contributed by atoms with E-state index in [4.69, 9.17) is 12.2 Å². The average Bonchev–Trinajstić information content (AvgIpc) is 3.02. The lowest BCUT2D eigenvalue weighted by Gasteiger charge is -2.08. The second kappa shape index (κ2) is 6.10. The molecule has 5 heteroatoms. The van der Waals surface area contributed by atoms with Crippen LogP contribution >= 0.6 is 23.6 Å². The Bertz CT molecular complexity index is 1200. The molecule has 0 spiro atoms. The lowest BCUT2D eigenvalue weighted by Crippen LogP contribution is -2.20. The molecule has 0 fully saturated rings. The van der Waals surface area contributed by atoms with E-state index in [1.54, 1.807) is 4.57 Å². The van der Waals surface area contributed by atoms with Gasteiger partial charge in [0.2, 0.25) is 0 Å². The van der Waals surface area contributed by atoms with Crippen LogP contribution < -0.4 is 5.56 Å². The van der Waals surface area contributed by atoms with Gasteiger partial charge in [-0.1, -0.05) is 36.4 Å². The molecule has 3 nitrogen and oxygen atoms in total. The number of para-hydroxylation sites is 1. The van der Waals surface area contributed by atoms with Gasteiger partial charge in [0.05, 0.1) is 11.1 Å². The molecule has 0 radical (unpaired) electrons. The van der Waals surface area contributed by atoms with Crippen LogP contribution in [0.25, 0.3) is 27.0 Å². The number of thiophene rings is 1. The van der Waals surface area contributed by atoms with Crippen molar-refractivity contribution in [2.45, 2.75) is 13.8 Å². The first-order chi connectivity index (χ1) is 12.1. The van der Waals surface area contributed by atoms with E-state index in [1.807, 2.05) is 35.7 Å². The van der Waals surface area contributed by atoms with E-state index in [2.05, 4.69) is 37.0 Å². The van der Waals surface area contributed by atoms with E-state index in [0.717, 1.165) is 21.6 Å². The van der Waals surface area contributed by atoms with Crippen LogP contribution in [0.2, 0.25) is 0 Å². The van der Waals surface area contributed by atoms with E-state index in [9.17, 15) is 4.79 Å². The van der Waals surface area contributed by atoms with Gasteiger partial charge in [0.15, 0.2) is 4.77 Å². The van der Waals surface area contributed by atoms with Gasteiger partial charge in [0.25, 0.3) is 5.56 Å². The van der Waals surface area contributed by atoms with Gasteiger partial charge in [-0.2, -0.15) is 0 Å². The van der Waals surface area contributed by atoms with Crippen LogP contribution in [0.15, 0.2) is 58.7 Å². The molecule has 2 heterocycles. The van der Waals surface area contributed by atoms with Gasteiger partial charge in [-0.05, 0) is 54.9 Å². The molecule has 0 saturated heterocycles. The second-order valence-corrected chi connectivity index (χ2v) is 7.33. The first kappa shape index (κ1) is 16.0. The van der Waals surface area contributed by atoms with Crippen molar-refractivity contribution in [2.75, 3.05) is 0 Å². The number of aromatic amines is 1. The number of H-pyrrole nitrogens is 1. The fourth-order valence-electron chi connectivity index (χ4n) is 2.95. The Hall–Kier alpha value is -2.50. The standard InChI is InChI=1S/C20H16N2OS2/c1-12-8-9-14(10-13(12)2)16-11-25-18-17(16)19(23)22(20(24)21-18)15-6-4-3-5-7-15/h3-11H,1-2H3,(H,21,24). The minimum absolute atomic E-state index is 0.0839. The number of nitrogens with zero attached hydrogens (tertiary/aromatic N) is 1. The van der Waals surface area contributed by atoms with Crippen LogP contribution in [0.4, 0.5) is 0 Å². The van der Waals surface area contributed by atoms with E-state index >= 15 is 0 Å². The van der Waals surface area contributed by atoms with Gasteiger partial charge >= 0.3 is 0 Å². The highest BCUT2D eigenvalue weighted by Crippen LogP contribution is 2.32. The summed E-state index contributed by atoms with van der Waals surface area (Å²) in [4.78, 5) is 17.3. The molecule has 0 amide bonds. The Morgan fingerprint density at radius 3 is 2.52 bits per heavy atom. The summed E-state index contributed by atoms with van der Waals surface area (Å²) in [7, 11) is 0. The molecule has 1 N–H and O–H groups in total. The van der Waals surface area contributed by atoms with Crippen LogP contribution in [0, 0.1) is 18.6 Å². The molecule has 25 heavy (non-hydrogen) atoms. The molecule has 0 aliphatic rings. The average molecular weight is 364 g/mol. The van der Waals surface area contributed by atoms with Gasteiger partial charge in [0.1, 0.15) is 4.83 Å². The molecule has 2 aromatic carbocycles. The Kier molecular flexibility index (Phi) is 3.90. The summed E-state index contributed by atoms with van der Waals surface area (Å²) in [6, 6.07) is 15.8. The van der Waals surface area contributed by atoms with E-state index < -0.39 is 0 Å². The number of aromatic nitrogens is 2. The molecule has 0 aliphatic heterocycles. The van der Waals surface area contributed by atoms with Crippen LogP contribution in [0.1, 0.15) is 11.1 Å². The van der Waals surface area contributed by atoms with Crippen molar-refractivity contribution >= 4 is 33.8 Å². The Labute approximate surface area is 154 Å². The Balaban J connectivity index is 2.05. The summed E-state index contributed by atoms with van der Waals surface area (Å²) in [5, 5.41) is 2.71. The predicted octanol–water partition coefficient (Wildman–Crippen LogP) is 5.39. The Morgan fingerprint density at radius 2 is 1.80 bits per heavy atom. The van der Waals surface area contributed by atoms with Crippen molar-refractivity contribution in [1.82, 2.24) is 9.55 Å². The third-order valence-corrected chi connectivity index (χ3v) is 5.64. The minimum atomic E-state index is -0.0839. The monoisotopic (exact) mass is 364 g/mol. The van der Waals surface area contributed by atoms with E-state index in [-0.39, 0.29) is 5.56 Å². The molecule has 124 valence electrons. The predicted molar refractivity (Wildman–Crippen MR) is 108 cm³/mol. The third-order valence-electron chi connectivity index (χ3n) is 4.46. The van der Waals surface area contributed by atoms with Crippen molar-refractivity contribution in [3.63, 3.8) is 0 Å². The van der Waals surface area contributed by atoms with E-state index in [1.165, 1.54) is 22.5 Å². The molecule has 0 atom stereocenters. The van der Waals surface area contributed by atoms with Gasteiger partial charge < -0.3 is 4.98 Å². The number of hydrogen-bond acceptors (Lipinski definition) is 3. The molecule has 2 aromatic heterocycles. The van der Waals surface area contributed by atoms with Crippen LogP contribution in [-0.4, -0.2) is 9.55 Å². The molecule has 0 unspecified atom stereocenters. The lowest BCUT2D eigenvalue weighted by molar-refractivity contribution is 0.944. The zero-order valence-electron chi connectivity index (χ0n) is 13.9. The largest absolute Gasteiger partial charge is 0.323 e. The zero-order valence-corrected chi connectivity index (χ0v) is 15.5. The summed E-state index contributed by atoms with van der Waals surface area (Å²) in [6.07, 6.45) is 0. The van der Waals surface area contributed by atoms with Crippen molar-refractivity contribution in [3.05, 3.63) is 80.2 Å². The van der Waals surface area contributed by atoms with Gasteiger partial charge in [-0.3, -0.25) is 9.36 Å². The first-order valence-electron chi connectivity index (χ1n) is 7.96. The third kappa shape index (κ3) is 2.65. The molecular weight excluding hydrogens is 348 g/mol. The van der Waals surface area contributed by atoms with Crippen molar-refractivity contribution in [3.8, 4) is 16.8 Å². The fraction of sp³-hybridized carbons (Fsp3) is 0.100. The Morgan fingerprint density at radius 1 is 1.04 bits per heavy atom. The van der Waals surface area contributed by atoms with Crippen molar-refractivity contribution in [1.29, 1.82) is 0 Å². The summed E-state index contributed by atoms with van der Waals surface area (Å²) in [5.41, 5.74) is 5.14. The van der Waals surface area contributed by atoms with Crippen molar-refractivity contribution < 1.29 is 0 Å². The van der Waals surface area contributed by atoms with Crippen molar-refractivity contribution in [2.24, 2.45) is 0 Å². The molecule has 0 bridgehead atoms. The highest BCUT2D eigenvalue weighted by Gasteiger charge is 2.15. The highest BCUT2D eigenvalue weighted by atomic mass is 32.1. The number of nitrogens with one attached hydrogen (secondary N) is 1. The molecule has 0 aliphatic carbocycles. The summed E-state index contributed by atoms with van der Waals surface area (Å²) in [5.74, 6) is 0. The normalized spacial score (nSPS) is 11.1. The molecule has 0 saturated carbocycles. The number of aryl methyl sites for hydroxylation is 2. The van der Waals surface area contributed by atoms with Crippen LogP contribution in [0.3, 0.4) is 0 Å². The summed E-state index contributed by atoms with van der Waals surface area (Å²) >= 11 is 6.94. The number of benzene rings is 2. The maximum atomic E-state index is 13.2. The molecule has 4 aromatic rings.